The Labute approximate surface area is 329 Å². The molecule has 1 aliphatic rings. The molecule has 7 N–H and O–H groups in total. The van der Waals surface area contributed by atoms with Crippen LogP contribution in [0.15, 0.2) is 24.3 Å². The second-order valence-corrected chi connectivity index (χ2v) is 15.6. The van der Waals surface area contributed by atoms with Gasteiger partial charge in [0.1, 0.15) is 30.5 Å². The molecule has 1 rings (SSSR count). The van der Waals surface area contributed by atoms with E-state index in [1.165, 1.54) is 116 Å². The number of nitrogens with one attached hydrogen (secondary N) is 1. The molecule has 0 aromatic rings. The lowest BCUT2D eigenvalue weighted by molar-refractivity contribution is -0.302. The lowest BCUT2D eigenvalue weighted by Gasteiger charge is -2.40. The number of ether oxygens (including phenoxy) is 2. The number of hydrogen-bond donors (Lipinski definition) is 7. The van der Waals surface area contributed by atoms with E-state index >= 15 is 0 Å². The lowest BCUT2D eigenvalue weighted by Crippen LogP contribution is -2.60. The summed E-state index contributed by atoms with van der Waals surface area (Å²) in [4.78, 5) is 13.0. The monoisotopic (exact) mass is 770 g/mol. The van der Waals surface area contributed by atoms with E-state index < -0.39 is 61.5 Å². The second kappa shape index (κ2) is 34.8. The van der Waals surface area contributed by atoms with E-state index in [0.29, 0.717) is 19.3 Å². The minimum absolute atomic E-state index is 0.278. The smallest absolute Gasteiger partial charge is 0.249 e. The zero-order valence-corrected chi connectivity index (χ0v) is 34.3. The first kappa shape index (κ1) is 50.6. The summed E-state index contributed by atoms with van der Waals surface area (Å²) in [5.74, 6) is -0.604. The van der Waals surface area contributed by atoms with Crippen LogP contribution in [0.2, 0.25) is 0 Å². The molecule has 1 aliphatic heterocycles. The van der Waals surface area contributed by atoms with E-state index in [-0.39, 0.29) is 6.61 Å². The highest BCUT2D eigenvalue weighted by Crippen LogP contribution is 2.23. The number of amides is 1. The molecule has 1 fully saturated rings. The summed E-state index contributed by atoms with van der Waals surface area (Å²) < 4.78 is 11.1. The minimum atomic E-state index is -1.60. The molecule has 0 aliphatic carbocycles. The van der Waals surface area contributed by atoms with Crippen LogP contribution in [0.4, 0.5) is 0 Å². The van der Waals surface area contributed by atoms with Gasteiger partial charge in [-0.25, -0.2) is 0 Å². The van der Waals surface area contributed by atoms with Crippen LogP contribution in [0.1, 0.15) is 187 Å². The van der Waals surface area contributed by atoms with Crippen molar-refractivity contribution in [2.45, 2.75) is 236 Å². The van der Waals surface area contributed by atoms with Crippen LogP contribution in [-0.2, 0) is 14.3 Å². The molecule has 8 unspecified atom stereocenters. The molecule has 0 spiro atoms. The Bertz CT molecular complexity index is 916. The van der Waals surface area contributed by atoms with Gasteiger partial charge in [-0.1, -0.05) is 154 Å². The van der Waals surface area contributed by atoms with Gasteiger partial charge < -0.3 is 45.4 Å². The van der Waals surface area contributed by atoms with Crippen molar-refractivity contribution in [1.29, 1.82) is 0 Å². The fraction of sp³-hybridized carbons (Fsp3) is 0.886. The van der Waals surface area contributed by atoms with Crippen molar-refractivity contribution in [3.63, 3.8) is 0 Å². The molecule has 318 valence electrons. The van der Waals surface area contributed by atoms with Gasteiger partial charge in [0, 0.05) is 0 Å². The number of aliphatic hydroxyl groups excluding tert-OH is 6. The van der Waals surface area contributed by atoms with Gasteiger partial charge >= 0.3 is 0 Å². The van der Waals surface area contributed by atoms with Gasteiger partial charge in [0.2, 0.25) is 5.91 Å². The second-order valence-electron chi connectivity index (χ2n) is 15.6. The Kier molecular flexibility index (Phi) is 32.7. The SMILES string of the molecule is CCCCCCCCC=CCCCCCCCCCCCC(O)C(=O)NC(COC1OC(CO)C(O)C(O)C1O)C(O)CCC=CCCCCCCCC. The Morgan fingerprint density at radius 2 is 1.06 bits per heavy atom. The molecule has 10 heteroatoms. The Hall–Kier alpha value is -1.37. The number of unbranched alkanes of at least 4 members (excludes halogenated alkanes) is 21. The molecule has 1 amide bonds. The third-order valence-electron chi connectivity index (χ3n) is 10.6. The largest absolute Gasteiger partial charge is 0.394 e. The summed E-state index contributed by atoms with van der Waals surface area (Å²) >= 11 is 0. The number of aliphatic hydroxyl groups is 6. The molecule has 0 bridgehead atoms. The van der Waals surface area contributed by atoms with E-state index in [1.807, 2.05) is 6.08 Å². The Balaban J connectivity index is 2.37. The van der Waals surface area contributed by atoms with Crippen LogP contribution in [-0.4, -0.2) is 98.7 Å². The summed E-state index contributed by atoms with van der Waals surface area (Å²) in [5.41, 5.74) is 0. The summed E-state index contributed by atoms with van der Waals surface area (Å²) in [6.07, 6.45) is 29.6. The maximum atomic E-state index is 13.0. The number of hydrogen-bond acceptors (Lipinski definition) is 9. The van der Waals surface area contributed by atoms with Crippen LogP contribution in [0.25, 0.3) is 0 Å². The quantitative estimate of drug-likeness (QED) is 0.0250. The molecular weight excluding hydrogens is 686 g/mol. The molecule has 1 heterocycles. The Morgan fingerprint density at radius 1 is 0.611 bits per heavy atom. The van der Waals surface area contributed by atoms with Gasteiger partial charge in [-0.05, 0) is 57.8 Å². The van der Waals surface area contributed by atoms with E-state index in [0.717, 1.165) is 38.5 Å². The van der Waals surface area contributed by atoms with Gasteiger partial charge in [0.25, 0.3) is 0 Å². The van der Waals surface area contributed by atoms with Gasteiger partial charge in [-0.2, -0.15) is 0 Å². The summed E-state index contributed by atoms with van der Waals surface area (Å²) in [7, 11) is 0. The number of allylic oxidation sites excluding steroid dienone is 4. The lowest BCUT2D eigenvalue weighted by atomic mass is 9.99. The van der Waals surface area contributed by atoms with E-state index in [2.05, 4.69) is 37.4 Å². The number of rotatable bonds is 36. The predicted octanol–water partition coefficient (Wildman–Crippen LogP) is 7.69. The first-order valence-corrected chi connectivity index (χ1v) is 22.1. The van der Waals surface area contributed by atoms with Crippen molar-refractivity contribution in [1.82, 2.24) is 5.32 Å². The van der Waals surface area contributed by atoms with Crippen molar-refractivity contribution in [2.24, 2.45) is 0 Å². The van der Waals surface area contributed by atoms with Crippen LogP contribution in [0, 0.1) is 0 Å². The van der Waals surface area contributed by atoms with Crippen molar-refractivity contribution >= 4 is 5.91 Å². The molecule has 1 saturated heterocycles. The van der Waals surface area contributed by atoms with Gasteiger partial charge in [0.15, 0.2) is 6.29 Å². The van der Waals surface area contributed by atoms with E-state index in [9.17, 15) is 35.4 Å². The molecule has 10 nitrogen and oxygen atoms in total. The summed E-state index contributed by atoms with van der Waals surface area (Å²) in [6.45, 7) is 3.59. The maximum absolute atomic E-state index is 13.0. The van der Waals surface area contributed by atoms with Crippen molar-refractivity contribution in [3.05, 3.63) is 24.3 Å². The van der Waals surface area contributed by atoms with E-state index in [4.69, 9.17) is 9.47 Å². The minimum Gasteiger partial charge on any atom is -0.394 e. The average molecular weight is 770 g/mol. The maximum Gasteiger partial charge on any atom is 0.249 e. The van der Waals surface area contributed by atoms with Crippen molar-refractivity contribution in [3.8, 4) is 0 Å². The fourth-order valence-corrected chi connectivity index (χ4v) is 6.92. The molecule has 0 aromatic carbocycles. The van der Waals surface area contributed by atoms with Crippen LogP contribution < -0.4 is 5.32 Å². The van der Waals surface area contributed by atoms with E-state index in [1.54, 1.807) is 0 Å². The predicted molar refractivity (Wildman–Crippen MR) is 218 cm³/mol. The number of carbonyl (C=O) groups is 1. The van der Waals surface area contributed by atoms with Crippen molar-refractivity contribution in [2.75, 3.05) is 13.2 Å². The first-order chi connectivity index (χ1) is 26.3. The fourth-order valence-electron chi connectivity index (χ4n) is 6.92. The van der Waals surface area contributed by atoms with Crippen LogP contribution in [0.3, 0.4) is 0 Å². The average Bonchev–Trinajstić information content (AvgIpc) is 3.17. The molecule has 8 atom stereocenters. The van der Waals surface area contributed by atoms with Crippen LogP contribution >= 0.6 is 0 Å². The summed E-state index contributed by atoms with van der Waals surface area (Å²) in [6, 6.07) is -0.924. The first-order valence-electron chi connectivity index (χ1n) is 22.1. The zero-order valence-electron chi connectivity index (χ0n) is 34.3. The molecule has 54 heavy (non-hydrogen) atoms. The molecule has 0 aromatic heterocycles. The van der Waals surface area contributed by atoms with Gasteiger partial charge in [0.05, 0.1) is 25.4 Å². The third kappa shape index (κ3) is 25.0. The third-order valence-corrected chi connectivity index (χ3v) is 10.6. The van der Waals surface area contributed by atoms with Gasteiger partial charge in [-0.3, -0.25) is 4.79 Å². The Morgan fingerprint density at radius 3 is 1.54 bits per heavy atom. The highest BCUT2D eigenvalue weighted by Gasteiger charge is 2.44. The highest BCUT2D eigenvalue weighted by atomic mass is 16.7. The number of carbonyl (C=O) groups excluding carboxylic acids is 1. The molecule has 0 radical (unpaired) electrons. The molecule has 0 saturated carbocycles. The molecular formula is C44H83NO9. The van der Waals surface area contributed by atoms with Crippen LogP contribution in [0.5, 0.6) is 0 Å². The normalized spacial score (nSPS) is 22.3. The highest BCUT2D eigenvalue weighted by molar-refractivity contribution is 5.80. The van der Waals surface area contributed by atoms with Crippen molar-refractivity contribution < 1.29 is 44.9 Å². The zero-order chi connectivity index (χ0) is 39.7. The topological polar surface area (TPSA) is 169 Å². The standard InChI is InChI=1S/C44H83NO9/c1-3-5-7-9-11-13-15-16-17-18-19-20-21-22-23-25-27-29-31-33-38(48)43(52)45-36(35-53-44-42(51)41(50)40(49)39(34-46)54-44)37(47)32-30-28-26-24-14-12-10-8-6-4-2/h16-17,26,28,36-42,44,46-51H,3-15,18-25,27,29-35H2,1-2H3,(H,45,52). The summed E-state index contributed by atoms with van der Waals surface area (Å²) in [5, 5.41) is 64.5. The van der Waals surface area contributed by atoms with Gasteiger partial charge in [-0.15, -0.1) is 0 Å².